The first kappa shape index (κ1) is 11.0. The van der Waals surface area contributed by atoms with Gasteiger partial charge in [0.1, 0.15) is 0 Å². The van der Waals surface area contributed by atoms with Gasteiger partial charge in [0.15, 0.2) is 5.82 Å². The van der Waals surface area contributed by atoms with Crippen molar-refractivity contribution in [1.82, 2.24) is 10.2 Å². The number of hydrogen-bond donors (Lipinski definition) is 0. The van der Waals surface area contributed by atoms with E-state index in [1.54, 1.807) is 6.20 Å². The molecule has 1 aromatic rings. The van der Waals surface area contributed by atoms with E-state index in [0.29, 0.717) is 11.9 Å². The molecule has 2 heterocycles. The van der Waals surface area contributed by atoms with E-state index in [-0.39, 0.29) is 0 Å². The smallest absolute Gasteiger partial charge is 0.151 e. The number of halogens is 1. The van der Waals surface area contributed by atoms with E-state index in [4.69, 9.17) is 11.6 Å². The van der Waals surface area contributed by atoms with Crippen molar-refractivity contribution in [2.45, 2.75) is 13.0 Å². The summed E-state index contributed by atoms with van der Waals surface area (Å²) < 4.78 is 0. The van der Waals surface area contributed by atoms with Crippen molar-refractivity contribution in [3.63, 3.8) is 0 Å². The quantitative estimate of drug-likeness (QED) is 0.743. The van der Waals surface area contributed by atoms with E-state index in [0.717, 1.165) is 29.4 Å². The van der Waals surface area contributed by atoms with Crippen LogP contribution in [0.4, 0.5) is 5.82 Å². The summed E-state index contributed by atoms with van der Waals surface area (Å²) in [5, 5.41) is 8.16. The lowest BCUT2D eigenvalue weighted by Gasteiger charge is -2.34. The van der Waals surface area contributed by atoms with Crippen LogP contribution in [0.1, 0.15) is 5.56 Å². The fraction of sp³-hybridized carbons (Fsp3) is 0.600. The highest BCUT2D eigenvalue weighted by molar-refractivity contribution is 7.99. The number of alkyl halides is 1. The molecule has 2 rings (SSSR count). The summed E-state index contributed by atoms with van der Waals surface area (Å²) in [6, 6.07) is 2.46. The maximum Gasteiger partial charge on any atom is 0.151 e. The van der Waals surface area contributed by atoms with Crippen molar-refractivity contribution in [3.05, 3.63) is 17.8 Å². The molecule has 15 heavy (non-hydrogen) atoms. The molecular weight excluding hydrogens is 230 g/mol. The topological polar surface area (TPSA) is 29.0 Å². The first-order valence-corrected chi connectivity index (χ1v) is 6.70. The SMILES string of the molecule is Cc1cnnc(N2CCSCC2CCl)c1. The lowest BCUT2D eigenvalue weighted by molar-refractivity contribution is 0.687. The molecule has 1 unspecified atom stereocenters. The molecule has 0 aromatic carbocycles. The summed E-state index contributed by atoms with van der Waals surface area (Å²) in [6.07, 6.45) is 1.78. The minimum Gasteiger partial charge on any atom is -0.349 e. The number of hydrogen-bond acceptors (Lipinski definition) is 4. The predicted molar refractivity (Wildman–Crippen MR) is 65.9 cm³/mol. The molecule has 1 aliphatic heterocycles. The van der Waals surface area contributed by atoms with Crippen molar-refractivity contribution in [2.24, 2.45) is 0 Å². The molecule has 1 aromatic heterocycles. The summed E-state index contributed by atoms with van der Waals surface area (Å²) in [5.74, 6) is 3.84. The van der Waals surface area contributed by atoms with Crippen molar-refractivity contribution in [1.29, 1.82) is 0 Å². The zero-order valence-corrected chi connectivity index (χ0v) is 10.3. The second-order valence-electron chi connectivity index (χ2n) is 3.67. The fourth-order valence-corrected chi connectivity index (χ4v) is 3.14. The Morgan fingerprint density at radius 3 is 3.27 bits per heavy atom. The highest BCUT2D eigenvalue weighted by Gasteiger charge is 2.23. The van der Waals surface area contributed by atoms with Crippen molar-refractivity contribution < 1.29 is 0 Å². The Balaban J connectivity index is 2.20. The lowest BCUT2D eigenvalue weighted by atomic mass is 10.2. The number of aryl methyl sites for hydroxylation is 1. The summed E-state index contributed by atoms with van der Waals surface area (Å²) in [4.78, 5) is 2.27. The molecule has 0 aliphatic carbocycles. The minimum absolute atomic E-state index is 0.390. The number of aromatic nitrogens is 2. The fourth-order valence-electron chi connectivity index (χ4n) is 1.67. The van der Waals surface area contributed by atoms with E-state index in [2.05, 4.69) is 21.2 Å². The zero-order chi connectivity index (χ0) is 10.7. The second-order valence-corrected chi connectivity index (χ2v) is 5.13. The van der Waals surface area contributed by atoms with Gasteiger partial charge >= 0.3 is 0 Å². The van der Waals surface area contributed by atoms with Crippen LogP contribution in [0.3, 0.4) is 0 Å². The molecule has 82 valence electrons. The molecule has 0 amide bonds. The number of anilines is 1. The first-order chi connectivity index (χ1) is 7.31. The van der Waals surface area contributed by atoms with Gasteiger partial charge in [-0.25, -0.2) is 0 Å². The van der Waals surface area contributed by atoms with Gasteiger partial charge in [0.05, 0.1) is 12.2 Å². The van der Waals surface area contributed by atoms with Gasteiger partial charge in [-0.05, 0) is 18.6 Å². The molecule has 1 atom stereocenters. The van der Waals surface area contributed by atoms with Crippen LogP contribution in [0.25, 0.3) is 0 Å². The Labute approximate surface area is 99.2 Å². The molecule has 3 nitrogen and oxygen atoms in total. The normalized spacial score (nSPS) is 21.7. The molecule has 0 bridgehead atoms. The predicted octanol–water partition coefficient (Wildman–Crippen LogP) is 1.95. The van der Waals surface area contributed by atoms with Gasteiger partial charge in [0.25, 0.3) is 0 Å². The third kappa shape index (κ3) is 2.55. The van der Waals surface area contributed by atoms with Crippen LogP contribution in [-0.4, -0.2) is 40.2 Å². The Kier molecular flexibility index (Phi) is 3.70. The van der Waals surface area contributed by atoms with Crippen LogP contribution in [0.5, 0.6) is 0 Å². The summed E-state index contributed by atoms with van der Waals surface area (Å²) in [6.45, 7) is 3.05. The molecular formula is C10H14ClN3S. The monoisotopic (exact) mass is 243 g/mol. The average molecular weight is 244 g/mol. The highest BCUT2D eigenvalue weighted by Crippen LogP contribution is 2.22. The van der Waals surface area contributed by atoms with Gasteiger partial charge < -0.3 is 4.90 Å². The van der Waals surface area contributed by atoms with Gasteiger partial charge in [-0.15, -0.1) is 16.7 Å². The Bertz CT molecular complexity index is 334. The molecule has 1 aliphatic rings. The average Bonchev–Trinajstić information content (AvgIpc) is 2.29. The van der Waals surface area contributed by atoms with Crippen LogP contribution < -0.4 is 4.90 Å². The molecule has 1 fully saturated rings. The minimum atomic E-state index is 0.390. The lowest BCUT2D eigenvalue weighted by Crippen LogP contribution is -2.44. The maximum absolute atomic E-state index is 5.96. The van der Waals surface area contributed by atoms with Gasteiger partial charge in [-0.2, -0.15) is 16.9 Å². The van der Waals surface area contributed by atoms with Crippen LogP contribution in [0.15, 0.2) is 12.3 Å². The summed E-state index contributed by atoms with van der Waals surface area (Å²) in [5.41, 5.74) is 1.14. The molecule has 0 N–H and O–H groups in total. The standard InChI is InChI=1S/C10H14ClN3S/c1-8-4-10(13-12-6-8)14-2-3-15-7-9(14)5-11/h4,6,9H,2-3,5,7H2,1H3. The largest absolute Gasteiger partial charge is 0.349 e. The van der Waals surface area contributed by atoms with E-state index >= 15 is 0 Å². The van der Waals surface area contributed by atoms with Gasteiger partial charge in [0.2, 0.25) is 0 Å². The number of rotatable bonds is 2. The molecule has 0 saturated carbocycles. The van der Waals surface area contributed by atoms with Crippen LogP contribution in [0, 0.1) is 6.92 Å². The van der Waals surface area contributed by atoms with Crippen LogP contribution >= 0.6 is 23.4 Å². The summed E-state index contributed by atoms with van der Waals surface area (Å²) in [7, 11) is 0. The molecule has 0 spiro atoms. The summed E-state index contributed by atoms with van der Waals surface area (Å²) >= 11 is 7.92. The van der Waals surface area contributed by atoms with E-state index in [9.17, 15) is 0 Å². The maximum atomic E-state index is 5.96. The van der Waals surface area contributed by atoms with Gasteiger partial charge in [-0.3, -0.25) is 0 Å². The highest BCUT2D eigenvalue weighted by atomic mass is 35.5. The van der Waals surface area contributed by atoms with E-state index in [1.165, 1.54) is 0 Å². The van der Waals surface area contributed by atoms with Crippen molar-refractivity contribution in [2.75, 3.05) is 28.8 Å². The Morgan fingerprint density at radius 1 is 1.67 bits per heavy atom. The molecule has 5 heteroatoms. The van der Waals surface area contributed by atoms with Gasteiger partial charge in [0, 0.05) is 23.9 Å². The van der Waals surface area contributed by atoms with Crippen molar-refractivity contribution >= 4 is 29.2 Å². The Morgan fingerprint density at radius 2 is 2.53 bits per heavy atom. The van der Waals surface area contributed by atoms with Crippen LogP contribution in [-0.2, 0) is 0 Å². The van der Waals surface area contributed by atoms with E-state index < -0.39 is 0 Å². The number of nitrogens with zero attached hydrogens (tertiary/aromatic N) is 3. The third-order valence-corrected chi connectivity index (χ3v) is 3.93. The van der Waals surface area contributed by atoms with Gasteiger partial charge in [-0.1, -0.05) is 0 Å². The third-order valence-electron chi connectivity index (χ3n) is 2.48. The first-order valence-electron chi connectivity index (χ1n) is 5.01. The van der Waals surface area contributed by atoms with Crippen molar-refractivity contribution in [3.8, 4) is 0 Å². The number of thioether (sulfide) groups is 1. The zero-order valence-electron chi connectivity index (χ0n) is 8.69. The second kappa shape index (κ2) is 5.03. The Hall–Kier alpha value is -0.480. The van der Waals surface area contributed by atoms with Crippen LogP contribution in [0.2, 0.25) is 0 Å². The molecule has 1 saturated heterocycles. The van der Waals surface area contributed by atoms with E-state index in [1.807, 2.05) is 18.7 Å². The molecule has 0 radical (unpaired) electrons.